The fourth-order valence-electron chi connectivity index (χ4n) is 3.99. The van der Waals surface area contributed by atoms with Gasteiger partial charge >= 0.3 is 5.97 Å². The number of hydrogen-bond acceptors (Lipinski definition) is 2. The van der Waals surface area contributed by atoms with E-state index in [2.05, 4.69) is 18.7 Å². The summed E-state index contributed by atoms with van der Waals surface area (Å²) in [6.07, 6.45) is 6.22. The Morgan fingerprint density at radius 1 is 1.33 bits per heavy atom. The fraction of sp³-hybridized carbons (Fsp3) is 0.933. The quantitative estimate of drug-likeness (QED) is 0.840. The summed E-state index contributed by atoms with van der Waals surface area (Å²) in [6, 6.07) is 0.495. The highest BCUT2D eigenvalue weighted by Gasteiger charge is 2.49. The summed E-state index contributed by atoms with van der Waals surface area (Å²) in [4.78, 5) is 14.0. The molecule has 0 aromatic carbocycles. The molecule has 1 saturated heterocycles. The van der Waals surface area contributed by atoms with Gasteiger partial charge in [0.25, 0.3) is 0 Å². The zero-order valence-corrected chi connectivity index (χ0v) is 12.0. The SMILES string of the molecule is CCC1(C(=O)O)CCCN1C1CCC(C)C(C)C1. The Hall–Kier alpha value is -0.570. The molecule has 3 heteroatoms. The number of carboxylic acid groups (broad SMARTS) is 1. The van der Waals surface area contributed by atoms with Crippen LogP contribution in [0.4, 0.5) is 0 Å². The molecule has 2 aliphatic rings. The van der Waals surface area contributed by atoms with Crippen LogP contribution in [0.3, 0.4) is 0 Å². The highest BCUT2D eigenvalue weighted by atomic mass is 16.4. The van der Waals surface area contributed by atoms with Crippen molar-refractivity contribution in [2.45, 2.75) is 70.9 Å². The van der Waals surface area contributed by atoms with Crippen molar-refractivity contribution in [2.75, 3.05) is 6.54 Å². The maximum absolute atomic E-state index is 11.7. The number of hydrogen-bond donors (Lipinski definition) is 1. The van der Waals surface area contributed by atoms with Crippen LogP contribution in [0.25, 0.3) is 0 Å². The predicted octanol–water partition coefficient (Wildman–Crippen LogP) is 3.14. The molecule has 2 fully saturated rings. The van der Waals surface area contributed by atoms with E-state index in [-0.39, 0.29) is 0 Å². The van der Waals surface area contributed by atoms with E-state index < -0.39 is 11.5 Å². The smallest absolute Gasteiger partial charge is 0.324 e. The van der Waals surface area contributed by atoms with E-state index >= 15 is 0 Å². The lowest BCUT2D eigenvalue weighted by Crippen LogP contribution is -2.55. The molecule has 1 heterocycles. The van der Waals surface area contributed by atoms with Gasteiger partial charge in [0.1, 0.15) is 5.54 Å². The van der Waals surface area contributed by atoms with E-state index in [0.717, 1.165) is 37.6 Å². The van der Waals surface area contributed by atoms with Crippen molar-refractivity contribution in [3.8, 4) is 0 Å². The molecule has 0 radical (unpaired) electrons. The van der Waals surface area contributed by atoms with Crippen LogP contribution < -0.4 is 0 Å². The lowest BCUT2D eigenvalue weighted by atomic mass is 9.77. The van der Waals surface area contributed by atoms with Crippen LogP contribution >= 0.6 is 0 Å². The van der Waals surface area contributed by atoms with E-state index in [1.54, 1.807) is 0 Å². The third kappa shape index (κ3) is 2.18. The van der Waals surface area contributed by atoms with Gasteiger partial charge in [-0.25, -0.2) is 0 Å². The van der Waals surface area contributed by atoms with Gasteiger partial charge in [-0.15, -0.1) is 0 Å². The summed E-state index contributed by atoms with van der Waals surface area (Å²) < 4.78 is 0. The minimum Gasteiger partial charge on any atom is -0.480 e. The number of nitrogens with zero attached hydrogens (tertiary/aromatic N) is 1. The second-order valence-corrected chi connectivity index (χ2v) is 6.41. The average molecular weight is 253 g/mol. The largest absolute Gasteiger partial charge is 0.480 e. The maximum atomic E-state index is 11.7. The van der Waals surface area contributed by atoms with Gasteiger partial charge in [-0.3, -0.25) is 9.69 Å². The Morgan fingerprint density at radius 3 is 2.61 bits per heavy atom. The second-order valence-electron chi connectivity index (χ2n) is 6.41. The topological polar surface area (TPSA) is 40.5 Å². The van der Waals surface area contributed by atoms with Gasteiger partial charge in [0.2, 0.25) is 0 Å². The molecular formula is C15H27NO2. The van der Waals surface area contributed by atoms with Crippen LogP contribution in [0.5, 0.6) is 0 Å². The molecule has 104 valence electrons. The van der Waals surface area contributed by atoms with E-state index in [1.165, 1.54) is 19.3 Å². The van der Waals surface area contributed by atoms with Gasteiger partial charge in [-0.05, 0) is 56.9 Å². The molecule has 1 N–H and O–H groups in total. The average Bonchev–Trinajstić information content (AvgIpc) is 2.77. The molecule has 0 aromatic rings. The van der Waals surface area contributed by atoms with E-state index in [9.17, 15) is 9.90 Å². The van der Waals surface area contributed by atoms with Crippen molar-refractivity contribution in [1.29, 1.82) is 0 Å². The third-order valence-electron chi connectivity index (χ3n) is 5.53. The van der Waals surface area contributed by atoms with Crippen molar-refractivity contribution in [2.24, 2.45) is 11.8 Å². The van der Waals surface area contributed by atoms with Gasteiger partial charge in [0.05, 0.1) is 0 Å². The Labute approximate surface area is 111 Å². The predicted molar refractivity (Wildman–Crippen MR) is 72.6 cm³/mol. The second kappa shape index (κ2) is 5.20. The van der Waals surface area contributed by atoms with E-state index in [0.29, 0.717) is 6.04 Å². The minimum absolute atomic E-state index is 0.495. The van der Waals surface area contributed by atoms with Crippen LogP contribution in [0.2, 0.25) is 0 Å². The van der Waals surface area contributed by atoms with Crippen molar-refractivity contribution < 1.29 is 9.90 Å². The first-order valence-electron chi connectivity index (χ1n) is 7.51. The lowest BCUT2D eigenvalue weighted by molar-refractivity contribution is -0.152. The first-order chi connectivity index (χ1) is 8.51. The Balaban J connectivity index is 2.14. The first-order valence-corrected chi connectivity index (χ1v) is 7.51. The molecule has 0 aromatic heterocycles. The van der Waals surface area contributed by atoms with Crippen molar-refractivity contribution in [3.63, 3.8) is 0 Å². The van der Waals surface area contributed by atoms with Crippen LogP contribution in [-0.4, -0.2) is 34.1 Å². The zero-order valence-electron chi connectivity index (χ0n) is 12.0. The Kier molecular flexibility index (Phi) is 4.00. The van der Waals surface area contributed by atoms with Crippen LogP contribution in [-0.2, 0) is 4.79 Å². The number of aliphatic carboxylic acids is 1. The Bertz CT molecular complexity index is 318. The fourth-order valence-corrected chi connectivity index (χ4v) is 3.99. The first kappa shape index (κ1) is 13.9. The number of carbonyl (C=O) groups is 1. The van der Waals surface area contributed by atoms with E-state index in [4.69, 9.17) is 0 Å². The highest BCUT2D eigenvalue weighted by molar-refractivity contribution is 5.79. The van der Waals surface area contributed by atoms with E-state index in [1.807, 2.05) is 6.92 Å². The zero-order chi connectivity index (χ0) is 13.3. The number of carboxylic acids is 1. The molecule has 0 bridgehead atoms. The molecule has 3 nitrogen and oxygen atoms in total. The summed E-state index contributed by atoms with van der Waals surface area (Å²) in [6.45, 7) is 7.66. The summed E-state index contributed by atoms with van der Waals surface area (Å²) in [5, 5.41) is 9.64. The Morgan fingerprint density at radius 2 is 2.06 bits per heavy atom. The van der Waals surface area contributed by atoms with Crippen LogP contribution in [0.15, 0.2) is 0 Å². The monoisotopic (exact) mass is 253 g/mol. The van der Waals surface area contributed by atoms with Gasteiger partial charge < -0.3 is 5.11 Å². The van der Waals surface area contributed by atoms with Crippen LogP contribution in [0, 0.1) is 11.8 Å². The van der Waals surface area contributed by atoms with Crippen molar-refractivity contribution >= 4 is 5.97 Å². The molecule has 0 spiro atoms. The number of likely N-dealkylation sites (tertiary alicyclic amines) is 1. The molecule has 18 heavy (non-hydrogen) atoms. The third-order valence-corrected chi connectivity index (χ3v) is 5.53. The molecule has 4 atom stereocenters. The van der Waals surface area contributed by atoms with Crippen molar-refractivity contribution in [3.05, 3.63) is 0 Å². The minimum atomic E-state index is -0.603. The lowest BCUT2D eigenvalue weighted by Gasteiger charge is -2.44. The molecule has 2 rings (SSSR count). The maximum Gasteiger partial charge on any atom is 0.324 e. The summed E-state index contributed by atoms with van der Waals surface area (Å²) in [5.41, 5.74) is -0.565. The number of rotatable bonds is 3. The molecule has 1 saturated carbocycles. The molecular weight excluding hydrogens is 226 g/mol. The van der Waals surface area contributed by atoms with Gasteiger partial charge in [-0.2, -0.15) is 0 Å². The molecule has 1 aliphatic carbocycles. The van der Waals surface area contributed by atoms with Gasteiger partial charge in [0.15, 0.2) is 0 Å². The van der Waals surface area contributed by atoms with Crippen LogP contribution in [0.1, 0.15) is 59.3 Å². The normalized spacial score (nSPS) is 42.1. The highest BCUT2D eigenvalue weighted by Crippen LogP contribution is 2.40. The molecule has 0 amide bonds. The molecule has 4 unspecified atom stereocenters. The summed E-state index contributed by atoms with van der Waals surface area (Å²) in [5.74, 6) is 0.922. The standard InChI is InChI=1S/C15H27NO2/c1-4-15(14(17)18)8-5-9-16(15)13-7-6-11(2)12(3)10-13/h11-13H,4-10H2,1-3H3,(H,17,18). The summed E-state index contributed by atoms with van der Waals surface area (Å²) in [7, 11) is 0. The van der Waals surface area contributed by atoms with Gasteiger partial charge in [0, 0.05) is 6.04 Å². The van der Waals surface area contributed by atoms with Gasteiger partial charge in [-0.1, -0.05) is 20.8 Å². The summed E-state index contributed by atoms with van der Waals surface area (Å²) >= 11 is 0. The van der Waals surface area contributed by atoms with Crippen molar-refractivity contribution in [1.82, 2.24) is 4.90 Å². The molecule has 1 aliphatic heterocycles.